The molecule has 0 fully saturated rings. The molecule has 0 saturated heterocycles. The van der Waals surface area contributed by atoms with Crippen LogP contribution < -0.4 is 10.6 Å². The molecule has 0 bridgehead atoms. The molecule has 2 aromatic rings. The largest absolute Gasteiger partial charge is 0.355 e. The summed E-state index contributed by atoms with van der Waals surface area (Å²) in [6.07, 6.45) is 2.66. The first-order valence-corrected chi connectivity index (χ1v) is 9.23. The van der Waals surface area contributed by atoms with Crippen LogP contribution in [0.4, 0.5) is 0 Å². The van der Waals surface area contributed by atoms with Crippen LogP contribution in [0.5, 0.6) is 0 Å². The summed E-state index contributed by atoms with van der Waals surface area (Å²) in [5.41, 5.74) is 2.58. The summed E-state index contributed by atoms with van der Waals surface area (Å²) in [6, 6.07) is 8.68. The highest BCUT2D eigenvalue weighted by Crippen LogP contribution is 2.07. The number of halogens is 1. The predicted molar refractivity (Wildman–Crippen MR) is 121 cm³/mol. The molecule has 0 amide bonds. The minimum atomic E-state index is 0. The highest BCUT2D eigenvalue weighted by atomic mass is 127. The second kappa shape index (κ2) is 12.7. The van der Waals surface area contributed by atoms with E-state index in [1.54, 1.807) is 13.4 Å². The predicted octanol–water partition coefficient (Wildman–Crippen LogP) is 2.28. The maximum Gasteiger partial charge on any atom is 0.191 e. The van der Waals surface area contributed by atoms with Crippen molar-refractivity contribution in [1.82, 2.24) is 30.3 Å². The van der Waals surface area contributed by atoms with Gasteiger partial charge in [0.25, 0.3) is 0 Å². The zero-order chi connectivity index (χ0) is 18.8. The highest BCUT2D eigenvalue weighted by molar-refractivity contribution is 14.0. The normalized spacial score (nSPS) is 11.4. The molecule has 1 aromatic carbocycles. The van der Waals surface area contributed by atoms with Gasteiger partial charge in [0.15, 0.2) is 5.96 Å². The van der Waals surface area contributed by atoms with Crippen LogP contribution in [-0.2, 0) is 26.1 Å². The lowest BCUT2D eigenvalue weighted by atomic mass is 10.1. The average molecular weight is 485 g/mol. The van der Waals surface area contributed by atoms with Gasteiger partial charge in [-0.1, -0.05) is 38.1 Å². The monoisotopic (exact) mass is 485 g/mol. The Morgan fingerprint density at radius 3 is 2.70 bits per heavy atom. The minimum Gasteiger partial charge on any atom is -0.355 e. The summed E-state index contributed by atoms with van der Waals surface area (Å²) in [6.45, 7) is 8.60. The number of benzene rings is 1. The fourth-order valence-corrected chi connectivity index (χ4v) is 2.70. The zero-order valence-corrected chi connectivity index (χ0v) is 19.1. The molecule has 0 aliphatic carbocycles. The van der Waals surface area contributed by atoms with Gasteiger partial charge in [-0.3, -0.25) is 4.99 Å². The van der Waals surface area contributed by atoms with Crippen molar-refractivity contribution in [1.29, 1.82) is 0 Å². The van der Waals surface area contributed by atoms with Crippen molar-refractivity contribution in [3.63, 3.8) is 0 Å². The fourth-order valence-electron chi connectivity index (χ4n) is 2.70. The van der Waals surface area contributed by atoms with Gasteiger partial charge in [-0.2, -0.15) is 0 Å². The molecular formula is C19H32IN7. The molecule has 7 nitrogen and oxygen atoms in total. The van der Waals surface area contributed by atoms with Crippen molar-refractivity contribution < 1.29 is 0 Å². The second-order valence-corrected chi connectivity index (χ2v) is 6.30. The van der Waals surface area contributed by atoms with E-state index in [4.69, 9.17) is 0 Å². The molecule has 8 heteroatoms. The van der Waals surface area contributed by atoms with Crippen LogP contribution in [0.1, 0.15) is 30.8 Å². The van der Waals surface area contributed by atoms with Crippen molar-refractivity contribution in [2.24, 2.45) is 4.99 Å². The first-order chi connectivity index (χ1) is 12.7. The number of nitrogens with zero attached hydrogens (tertiary/aromatic N) is 5. The van der Waals surface area contributed by atoms with Gasteiger partial charge in [0.1, 0.15) is 12.2 Å². The molecule has 0 aliphatic rings. The Labute approximate surface area is 179 Å². The van der Waals surface area contributed by atoms with Crippen molar-refractivity contribution in [3.8, 4) is 0 Å². The van der Waals surface area contributed by atoms with Crippen LogP contribution in [0.2, 0.25) is 0 Å². The number of hydrogen-bond acceptors (Lipinski definition) is 4. The number of aromatic nitrogens is 3. The lowest BCUT2D eigenvalue weighted by molar-refractivity contribution is 0.345. The fraction of sp³-hybridized carbons (Fsp3) is 0.526. The molecule has 27 heavy (non-hydrogen) atoms. The number of hydrogen-bond donors (Lipinski definition) is 2. The van der Waals surface area contributed by atoms with Gasteiger partial charge in [0.05, 0.1) is 0 Å². The van der Waals surface area contributed by atoms with Crippen molar-refractivity contribution in [3.05, 3.63) is 47.5 Å². The Morgan fingerprint density at radius 2 is 2.00 bits per heavy atom. The summed E-state index contributed by atoms with van der Waals surface area (Å²) in [5.74, 6) is 1.80. The maximum atomic E-state index is 4.29. The minimum absolute atomic E-state index is 0. The van der Waals surface area contributed by atoms with Gasteiger partial charge in [-0.25, -0.2) is 0 Å². The second-order valence-electron chi connectivity index (χ2n) is 6.30. The third-order valence-corrected chi connectivity index (χ3v) is 4.32. The third kappa shape index (κ3) is 7.84. The molecule has 2 N–H and O–H groups in total. The SMILES string of the molecule is CCc1nncn1CCNC(=NC)NCc1cccc(CN(C)CC)c1.I. The van der Waals surface area contributed by atoms with Crippen LogP contribution >= 0.6 is 24.0 Å². The molecule has 0 unspecified atom stereocenters. The Bertz CT molecular complexity index is 699. The summed E-state index contributed by atoms with van der Waals surface area (Å²) < 4.78 is 2.06. The van der Waals surface area contributed by atoms with E-state index < -0.39 is 0 Å². The molecule has 0 radical (unpaired) electrons. The number of aryl methyl sites for hydroxylation is 1. The Kier molecular flexibility index (Phi) is 11.0. The van der Waals surface area contributed by atoms with Crippen molar-refractivity contribution in [2.75, 3.05) is 27.2 Å². The standard InChI is InChI=1S/C19H31N7.HI/c1-5-18-24-23-15-26(18)11-10-21-19(20-3)22-13-16-8-7-9-17(12-16)14-25(4)6-2;/h7-9,12,15H,5-6,10-11,13-14H2,1-4H3,(H2,20,21,22);1H. The summed E-state index contributed by atoms with van der Waals surface area (Å²) in [7, 11) is 3.93. The first kappa shape index (κ1) is 23.4. The van der Waals surface area contributed by atoms with E-state index in [1.807, 2.05) is 0 Å². The number of nitrogens with one attached hydrogen (secondary N) is 2. The third-order valence-electron chi connectivity index (χ3n) is 4.32. The molecule has 2 rings (SSSR count). The van der Waals surface area contributed by atoms with Gasteiger partial charge >= 0.3 is 0 Å². The molecule has 1 heterocycles. The molecule has 0 atom stereocenters. The summed E-state index contributed by atoms with van der Waals surface area (Å²) >= 11 is 0. The van der Waals surface area contributed by atoms with E-state index in [0.29, 0.717) is 0 Å². The van der Waals surface area contributed by atoms with Gasteiger partial charge < -0.3 is 20.1 Å². The highest BCUT2D eigenvalue weighted by Gasteiger charge is 2.03. The summed E-state index contributed by atoms with van der Waals surface area (Å²) in [4.78, 5) is 6.59. The first-order valence-electron chi connectivity index (χ1n) is 9.23. The van der Waals surface area contributed by atoms with Crippen LogP contribution in [0.15, 0.2) is 35.6 Å². The van der Waals surface area contributed by atoms with E-state index >= 15 is 0 Å². The quantitative estimate of drug-likeness (QED) is 0.324. The van der Waals surface area contributed by atoms with Gasteiger partial charge in [0, 0.05) is 39.6 Å². The summed E-state index contributed by atoms with van der Waals surface area (Å²) in [5, 5.41) is 14.8. The van der Waals surface area contributed by atoms with Crippen LogP contribution in [0.3, 0.4) is 0 Å². The maximum absolute atomic E-state index is 4.29. The number of aliphatic imine (C=N–C) groups is 1. The van der Waals surface area contributed by atoms with Crippen LogP contribution in [0.25, 0.3) is 0 Å². The van der Waals surface area contributed by atoms with Gasteiger partial charge in [-0.05, 0) is 24.7 Å². The lowest BCUT2D eigenvalue weighted by Gasteiger charge is -2.15. The molecule has 0 saturated carbocycles. The molecular weight excluding hydrogens is 453 g/mol. The van der Waals surface area contributed by atoms with Gasteiger partial charge in [-0.15, -0.1) is 34.2 Å². The Hall–Kier alpha value is -1.68. The molecule has 0 spiro atoms. The molecule has 0 aliphatic heterocycles. The van der Waals surface area contributed by atoms with Crippen molar-refractivity contribution >= 4 is 29.9 Å². The van der Waals surface area contributed by atoms with Crippen LogP contribution in [-0.4, -0.2) is 52.8 Å². The van der Waals surface area contributed by atoms with Crippen molar-refractivity contribution in [2.45, 2.75) is 39.9 Å². The Balaban J connectivity index is 0.00000364. The number of rotatable bonds is 9. The smallest absolute Gasteiger partial charge is 0.191 e. The van der Waals surface area contributed by atoms with E-state index in [9.17, 15) is 0 Å². The molecule has 150 valence electrons. The van der Waals surface area contributed by atoms with E-state index in [0.717, 1.165) is 50.9 Å². The van der Waals surface area contributed by atoms with Gasteiger partial charge in [0.2, 0.25) is 0 Å². The Morgan fingerprint density at radius 1 is 1.22 bits per heavy atom. The lowest BCUT2D eigenvalue weighted by Crippen LogP contribution is -2.38. The van der Waals surface area contributed by atoms with Crippen LogP contribution in [0, 0.1) is 0 Å². The number of guanidine groups is 1. The van der Waals surface area contributed by atoms with E-state index in [-0.39, 0.29) is 24.0 Å². The van der Waals surface area contributed by atoms with E-state index in [2.05, 4.69) is 80.5 Å². The average Bonchev–Trinajstić information content (AvgIpc) is 3.12. The molecule has 1 aromatic heterocycles. The topological polar surface area (TPSA) is 70.4 Å². The zero-order valence-electron chi connectivity index (χ0n) is 16.8. The van der Waals surface area contributed by atoms with E-state index in [1.165, 1.54) is 11.1 Å².